The molecule has 7 N–H and O–H groups in total. The van der Waals surface area contributed by atoms with Crippen LogP contribution in [0.5, 0.6) is 0 Å². The van der Waals surface area contributed by atoms with Crippen LogP contribution in [0.2, 0.25) is 0 Å². The predicted molar refractivity (Wildman–Crippen MR) is 257 cm³/mol. The molecule has 0 radical (unpaired) electrons. The zero-order valence-electron chi connectivity index (χ0n) is 41.7. The third-order valence-electron chi connectivity index (χ3n) is 13.4. The molecule has 2 aliphatic rings. The predicted octanol–water partition coefficient (Wildman–Crippen LogP) is 8.47. The Hall–Kier alpha value is -1.01. The van der Waals surface area contributed by atoms with Gasteiger partial charge in [-0.3, -0.25) is 4.79 Å². The molecule has 0 saturated carbocycles. The number of aliphatic hydroxyl groups is 7. The van der Waals surface area contributed by atoms with Gasteiger partial charge in [-0.1, -0.05) is 206 Å². The van der Waals surface area contributed by atoms with E-state index in [0.29, 0.717) is 6.61 Å². The molecule has 0 aromatic rings. The fourth-order valence-electron chi connectivity index (χ4n) is 8.93. The summed E-state index contributed by atoms with van der Waals surface area (Å²) in [6.45, 7) is 3.74. The maximum atomic E-state index is 13.0. The van der Waals surface area contributed by atoms with Gasteiger partial charge < -0.3 is 64.2 Å². The van der Waals surface area contributed by atoms with E-state index in [9.17, 15) is 40.5 Å². The van der Waals surface area contributed by atoms with Gasteiger partial charge in [0.1, 0.15) is 54.9 Å². The van der Waals surface area contributed by atoms with Crippen LogP contribution < -0.4 is 0 Å². The van der Waals surface area contributed by atoms with E-state index in [4.69, 9.17) is 28.4 Å². The van der Waals surface area contributed by atoms with Crippen molar-refractivity contribution in [2.24, 2.45) is 0 Å². The van der Waals surface area contributed by atoms with Gasteiger partial charge in [0, 0.05) is 13.0 Å². The molecule has 2 fully saturated rings. The van der Waals surface area contributed by atoms with Crippen molar-refractivity contribution in [3.63, 3.8) is 0 Å². The van der Waals surface area contributed by atoms with E-state index >= 15 is 0 Å². The van der Waals surface area contributed by atoms with Crippen LogP contribution in [0.4, 0.5) is 0 Å². The molecular weight excluding hydrogens is 849 g/mol. The van der Waals surface area contributed by atoms with Crippen LogP contribution in [0.15, 0.2) is 0 Å². The molecule has 2 saturated heterocycles. The SMILES string of the molecule is CCCCCCCCCCCCCCCCCCCCCC(=O)OC(COCCCCCCCCCCCCCCC)COC1OC(COC2OC(CO)C(O)C(O)C2O)C(O)C(O)C1O. The smallest absolute Gasteiger partial charge is 0.306 e. The van der Waals surface area contributed by atoms with Gasteiger partial charge in [0.05, 0.1) is 26.4 Å². The highest BCUT2D eigenvalue weighted by molar-refractivity contribution is 5.69. The summed E-state index contributed by atoms with van der Waals surface area (Å²) in [5.41, 5.74) is 0. The number of ether oxygens (including phenoxy) is 6. The van der Waals surface area contributed by atoms with Gasteiger partial charge in [-0.2, -0.15) is 0 Å². The molecule has 0 amide bonds. The first kappa shape index (κ1) is 61.1. The van der Waals surface area contributed by atoms with Crippen LogP contribution in [-0.2, 0) is 33.2 Å². The Balaban J connectivity index is 1.73. The van der Waals surface area contributed by atoms with E-state index in [1.54, 1.807) is 0 Å². The summed E-state index contributed by atoms with van der Waals surface area (Å²) in [4.78, 5) is 13.0. The second kappa shape index (κ2) is 40.7. The van der Waals surface area contributed by atoms with Crippen LogP contribution in [0, 0.1) is 0 Å². The number of esters is 1. The molecule has 0 aromatic heterocycles. The zero-order chi connectivity index (χ0) is 48.0. The Morgan fingerprint density at radius 1 is 0.439 bits per heavy atom. The van der Waals surface area contributed by atoms with Crippen LogP contribution in [-0.4, -0.2) is 142 Å². The average molecular weight is 949 g/mol. The lowest BCUT2D eigenvalue weighted by Crippen LogP contribution is -2.61. The van der Waals surface area contributed by atoms with E-state index in [-0.39, 0.29) is 25.6 Å². The molecule has 11 atom stereocenters. The van der Waals surface area contributed by atoms with Crippen molar-refractivity contribution in [1.29, 1.82) is 0 Å². The maximum absolute atomic E-state index is 13.0. The van der Waals surface area contributed by atoms with Gasteiger partial charge in [0.2, 0.25) is 0 Å². The van der Waals surface area contributed by atoms with Crippen molar-refractivity contribution in [1.82, 2.24) is 0 Å². The van der Waals surface area contributed by atoms with Crippen molar-refractivity contribution in [3.05, 3.63) is 0 Å². The standard InChI is InChI=1S/C52H100O14/c1-3-5-7-9-11-13-15-17-18-19-20-21-22-23-25-27-29-31-33-35-44(54)64-41(38-61-36-34-32-30-28-26-24-16-14-12-10-8-6-4-2)39-62-51-50(60)48(58)46(56)43(66-51)40-63-52-49(59)47(57)45(55)42(37-53)65-52/h41-43,45-53,55-60H,3-40H2,1-2H3. The second-order valence-corrected chi connectivity index (χ2v) is 19.4. The van der Waals surface area contributed by atoms with E-state index in [2.05, 4.69) is 13.8 Å². The Bertz CT molecular complexity index is 1100. The fourth-order valence-corrected chi connectivity index (χ4v) is 8.93. The van der Waals surface area contributed by atoms with E-state index in [1.165, 1.54) is 161 Å². The number of hydrogen-bond donors (Lipinski definition) is 7. The van der Waals surface area contributed by atoms with Crippen LogP contribution >= 0.6 is 0 Å². The van der Waals surface area contributed by atoms with Gasteiger partial charge in [0.15, 0.2) is 12.6 Å². The highest BCUT2D eigenvalue weighted by Crippen LogP contribution is 2.27. The lowest BCUT2D eigenvalue weighted by molar-refractivity contribution is -0.332. The summed E-state index contributed by atoms with van der Waals surface area (Å²) in [5, 5.41) is 72.1. The summed E-state index contributed by atoms with van der Waals surface area (Å²) < 4.78 is 34.3. The lowest BCUT2D eigenvalue weighted by Gasteiger charge is -2.42. The summed E-state index contributed by atoms with van der Waals surface area (Å²) in [7, 11) is 0. The Kier molecular flexibility index (Phi) is 37.7. The molecule has 14 heteroatoms. The summed E-state index contributed by atoms with van der Waals surface area (Å²) in [5.74, 6) is -0.369. The Morgan fingerprint density at radius 2 is 0.803 bits per heavy atom. The maximum Gasteiger partial charge on any atom is 0.306 e. The first-order chi connectivity index (χ1) is 32.1. The van der Waals surface area contributed by atoms with E-state index in [1.807, 2.05) is 0 Å². The third-order valence-corrected chi connectivity index (χ3v) is 13.4. The normalized spacial score (nSPS) is 26.2. The third kappa shape index (κ3) is 28.0. The minimum Gasteiger partial charge on any atom is -0.457 e. The largest absolute Gasteiger partial charge is 0.457 e. The number of aliphatic hydroxyl groups excluding tert-OH is 7. The molecule has 14 nitrogen and oxygen atoms in total. The number of hydrogen-bond acceptors (Lipinski definition) is 14. The molecule has 0 aliphatic carbocycles. The van der Waals surface area contributed by atoms with Crippen molar-refractivity contribution in [2.75, 3.05) is 33.0 Å². The number of carbonyl (C=O) groups is 1. The molecule has 66 heavy (non-hydrogen) atoms. The highest BCUT2D eigenvalue weighted by Gasteiger charge is 2.47. The highest BCUT2D eigenvalue weighted by atomic mass is 16.7. The molecular formula is C52H100O14. The number of rotatable bonds is 44. The molecule has 0 spiro atoms. The fraction of sp³-hybridized carbons (Fsp3) is 0.981. The minimum atomic E-state index is -1.70. The molecule has 2 rings (SSSR count). The molecule has 2 heterocycles. The van der Waals surface area contributed by atoms with Crippen LogP contribution in [0.25, 0.3) is 0 Å². The van der Waals surface area contributed by atoms with Crippen molar-refractivity contribution in [3.8, 4) is 0 Å². The Morgan fingerprint density at radius 3 is 1.23 bits per heavy atom. The Labute approximate surface area is 400 Å². The minimum absolute atomic E-state index is 0.0703. The van der Waals surface area contributed by atoms with E-state index in [0.717, 1.165) is 44.9 Å². The quantitative estimate of drug-likeness (QED) is 0.0226. The van der Waals surface area contributed by atoms with Gasteiger partial charge in [0.25, 0.3) is 0 Å². The van der Waals surface area contributed by atoms with Gasteiger partial charge >= 0.3 is 5.97 Å². The van der Waals surface area contributed by atoms with Crippen LogP contribution in [0.3, 0.4) is 0 Å². The summed E-state index contributed by atoms with van der Waals surface area (Å²) in [6, 6.07) is 0. The van der Waals surface area contributed by atoms with Gasteiger partial charge in [-0.05, 0) is 12.8 Å². The molecule has 2 aliphatic heterocycles. The van der Waals surface area contributed by atoms with Gasteiger partial charge in [-0.25, -0.2) is 0 Å². The van der Waals surface area contributed by atoms with Crippen molar-refractivity contribution < 1.29 is 69.0 Å². The lowest BCUT2D eigenvalue weighted by atomic mass is 9.98. The molecule has 0 aromatic carbocycles. The topological polar surface area (TPSA) is 214 Å². The van der Waals surface area contributed by atoms with Crippen molar-refractivity contribution in [2.45, 2.75) is 293 Å². The number of carbonyl (C=O) groups excluding carboxylic acids is 1. The monoisotopic (exact) mass is 949 g/mol. The molecule has 11 unspecified atom stereocenters. The van der Waals surface area contributed by atoms with Gasteiger partial charge in [-0.15, -0.1) is 0 Å². The van der Waals surface area contributed by atoms with E-state index < -0.39 is 80.7 Å². The number of unbranched alkanes of at least 4 members (excludes halogenated alkanes) is 30. The first-order valence-electron chi connectivity index (χ1n) is 27.1. The molecule has 392 valence electrons. The summed E-state index contributed by atoms with van der Waals surface area (Å²) in [6.07, 6.45) is 24.5. The van der Waals surface area contributed by atoms with Crippen molar-refractivity contribution >= 4 is 5.97 Å². The average Bonchev–Trinajstić information content (AvgIpc) is 3.31. The summed E-state index contributed by atoms with van der Waals surface area (Å²) >= 11 is 0. The zero-order valence-corrected chi connectivity index (χ0v) is 41.7. The first-order valence-corrected chi connectivity index (χ1v) is 27.1. The molecule has 0 bridgehead atoms. The van der Waals surface area contributed by atoms with Crippen LogP contribution in [0.1, 0.15) is 226 Å². The second-order valence-electron chi connectivity index (χ2n) is 19.4.